The first-order chi connectivity index (χ1) is 7.99. The van der Waals surface area contributed by atoms with Gasteiger partial charge in [-0.1, -0.05) is 12.1 Å². The summed E-state index contributed by atoms with van der Waals surface area (Å²) in [6, 6.07) is 7.32. The molecule has 0 bridgehead atoms. The molecule has 0 heterocycles. The molecule has 0 spiro atoms. The number of carbonyl (C=O) groups excluding carboxylic acids is 1. The zero-order valence-corrected chi connectivity index (χ0v) is 10.4. The average Bonchev–Trinajstić information content (AvgIpc) is 2.27. The van der Waals surface area contributed by atoms with Crippen molar-refractivity contribution in [1.29, 1.82) is 5.26 Å². The van der Waals surface area contributed by atoms with Crippen LogP contribution in [-0.4, -0.2) is 23.9 Å². The van der Waals surface area contributed by atoms with Crippen molar-refractivity contribution in [2.45, 2.75) is 26.3 Å². The summed E-state index contributed by atoms with van der Waals surface area (Å²) in [5.41, 5.74) is 7.68. The first kappa shape index (κ1) is 13.0. The van der Waals surface area contributed by atoms with E-state index in [0.29, 0.717) is 17.7 Å². The van der Waals surface area contributed by atoms with Gasteiger partial charge in [0.15, 0.2) is 0 Å². The van der Waals surface area contributed by atoms with Gasteiger partial charge in [0.25, 0.3) is 5.91 Å². The van der Waals surface area contributed by atoms with E-state index >= 15 is 0 Å². The van der Waals surface area contributed by atoms with Gasteiger partial charge in [-0.05, 0) is 25.5 Å². The molecule has 4 heteroatoms. The summed E-state index contributed by atoms with van der Waals surface area (Å²) >= 11 is 0. The summed E-state index contributed by atoms with van der Waals surface area (Å²) < 4.78 is 0. The lowest BCUT2D eigenvalue weighted by atomic mass is 10.0. The quantitative estimate of drug-likeness (QED) is 0.808. The molecule has 0 aliphatic rings. The molecule has 1 unspecified atom stereocenters. The topological polar surface area (TPSA) is 70.1 Å². The monoisotopic (exact) mass is 231 g/mol. The Morgan fingerprint density at radius 2 is 2.24 bits per heavy atom. The van der Waals surface area contributed by atoms with Crippen molar-refractivity contribution >= 4 is 11.6 Å². The van der Waals surface area contributed by atoms with Crippen LogP contribution in [0.4, 0.5) is 5.69 Å². The maximum atomic E-state index is 12.2. The molecule has 2 N–H and O–H groups in total. The van der Waals surface area contributed by atoms with Crippen LogP contribution in [0.25, 0.3) is 0 Å². The molecule has 1 aromatic rings. The van der Waals surface area contributed by atoms with Crippen molar-refractivity contribution in [2.24, 2.45) is 0 Å². The fourth-order valence-corrected chi connectivity index (χ4v) is 1.63. The zero-order chi connectivity index (χ0) is 13.0. The van der Waals surface area contributed by atoms with Gasteiger partial charge in [0, 0.05) is 18.8 Å². The van der Waals surface area contributed by atoms with Crippen LogP contribution in [0.5, 0.6) is 0 Å². The summed E-state index contributed by atoms with van der Waals surface area (Å²) in [6.45, 7) is 3.70. The maximum absolute atomic E-state index is 12.2. The summed E-state index contributed by atoms with van der Waals surface area (Å²) in [6.07, 6.45) is 0.314. The number of nitrogen functional groups attached to an aromatic ring is 1. The third kappa shape index (κ3) is 2.76. The number of benzene rings is 1. The second-order valence-corrected chi connectivity index (χ2v) is 4.17. The third-order valence-corrected chi connectivity index (χ3v) is 2.89. The molecule has 0 aliphatic heterocycles. The van der Waals surface area contributed by atoms with E-state index in [4.69, 9.17) is 11.0 Å². The number of hydrogen-bond donors (Lipinski definition) is 1. The normalized spacial score (nSPS) is 11.6. The standard InChI is InChI=1S/C13H17N3O/c1-9-5-4-6-11(15)12(9)13(17)16(3)10(2)7-8-14/h4-6,10H,7,15H2,1-3H3. The molecule has 0 fully saturated rings. The van der Waals surface area contributed by atoms with Crippen molar-refractivity contribution in [3.05, 3.63) is 29.3 Å². The number of nitriles is 1. The van der Waals surface area contributed by atoms with Crippen molar-refractivity contribution in [1.82, 2.24) is 4.90 Å². The number of amides is 1. The lowest BCUT2D eigenvalue weighted by Crippen LogP contribution is -2.35. The minimum absolute atomic E-state index is 0.119. The van der Waals surface area contributed by atoms with Gasteiger partial charge in [-0.2, -0.15) is 5.26 Å². The molecule has 1 aromatic carbocycles. The Kier molecular flexibility index (Phi) is 4.11. The Hall–Kier alpha value is -2.02. The fraction of sp³-hybridized carbons (Fsp3) is 0.385. The molecule has 17 heavy (non-hydrogen) atoms. The summed E-state index contributed by atoms with van der Waals surface area (Å²) in [5, 5.41) is 8.63. The molecule has 0 saturated heterocycles. The number of hydrogen-bond acceptors (Lipinski definition) is 3. The van der Waals surface area contributed by atoms with E-state index in [1.165, 1.54) is 0 Å². The SMILES string of the molecule is Cc1cccc(N)c1C(=O)N(C)C(C)CC#N. The molecular formula is C13H17N3O. The Morgan fingerprint density at radius 3 is 2.76 bits per heavy atom. The largest absolute Gasteiger partial charge is 0.398 e. The highest BCUT2D eigenvalue weighted by Crippen LogP contribution is 2.19. The van der Waals surface area contributed by atoms with E-state index in [1.807, 2.05) is 26.0 Å². The van der Waals surface area contributed by atoms with Gasteiger partial charge < -0.3 is 10.6 Å². The predicted octanol–water partition coefficient (Wildman–Crippen LogP) is 1.95. The van der Waals surface area contributed by atoms with Gasteiger partial charge >= 0.3 is 0 Å². The highest BCUT2D eigenvalue weighted by molar-refractivity contribution is 6.00. The molecule has 4 nitrogen and oxygen atoms in total. The average molecular weight is 231 g/mol. The second-order valence-electron chi connectivity index (χ2n) is 4.17. The molecular weight excluding hydrogens is 214 g/mol. The summed E-state index contributed by atoms with van der Waals surface area (Å²) in [4.78, 5) is 13.8. The van der Waals surface area contributed by atoms with Gasteiger partial charge in [0.1, 0.15) is 0 Å². The van der Waals surface area contributed by atoms with Gasteiger partial charge in [-0.3, -0.25) is 4.79 Å². The van der Waals surface area contributed by atoms with Gasteiger partial charge in [-0.25, -0.2) is 0 Å². The van der Waals surface area contributed by atoms with E-state index in [1.54, 1.807) is 18.0 Å². The van der Waals surface area contributed by atoms with Crippen LogP contribution in [0, 0.1) is 18.3 Å². The van der Waals surface area contributed by atoms with Gasteiger partial charge in [0.05, 0.1) is 18.1 Å². The zero-order valence-electron chi connectivity index (χ0n) is 10.4. The molecule has 1 rings (SSSR count). The minimum Gasteiger partial charge on any atom is -0.398 e. The molecule has 90 valence electrons. The van der Waals surface area contributed by atoms with E-state index in [2.05, 4.69) is 6.07 Å². The summed E-state index contributed by atoms with van der Waals surface area (Å²) in [7, 11) is 1.69. The van der Waals surface area contributed by atoms with Crippen LogP contribution in [0.15, 0.2) is 18.2 Å². The van der Waals surface area contributed by atoms with Crippen LogP contribution in [0.3, 0.4) is 0 Å². The van der Waals surface area contributed by atoms with E-state index in [-0.39, 0.29) is 11.9 Å². The Balaban J connectivity index is 3.01. The van der Waals surface area contributed by atoms with E-state index in [0.717, 1.165) is 5.56 Å². The maximum Gasteiger partial charge on any atom is 0.256 e. The first-order valence-electron chi connectivity index (χ1n) is 5.48. The smallest absolute Gasteiger partial charge is 0.256 e. The molecule has 0 radical (unpaired) electrons. The predicted molar refractivity (Wildman–Crippen MR) is 67.4 cm³/mol. The van der Waals surface area contributed by atoms with Crippen molar-refractivity contribution in [3.8, 4) is 6.07 Å². The van der Waals surface area contributed by atoms with Crippen LogP contribution < -0.4 is 5.73 Å². The van der Waals surface area contributed by atoms with Crippen molar-refractivity contribution < 1.29 is 4.79 Å². The lowest BCUT2D eigenvalue weighted by Gasteiger charge is -2.24. The molecule has 1 atom stereocenters. The number of rotatable bonds is 3. The number of aryl methyl sites for hydroxylation is 1. The third-order valence-electron chi connectivity index (χ3n) is 2.89. The van der Waals surface area contributed by atoms with Crippen molar-refractivity contribution in [3.63, 3.8) is 0 Å². The highest BCUT2D eigenvalue weighted by Gasteiger charge is 2.20. The van der Waals surface area contributed by atoms with Crippen LogP contribution >= 0.6 is 0 Å². The van der Waals surface area contributed by atoms with E-state index < -0.39 is 0 Å². The number of anilines is 1. The molecule has 0 aromatic heterocycles. The van der Waals surface area contributed by atoms with Crippen LogP contribution in [0.2, 0.25) is 0 Å². The highest BCUT2D eigenvalue weighted by atomic mass is 16.2. The number of carbonyl (C=O) groups is 1. The summed E-state index contributed by atoms with van der Waals surface area (Å²) in [5.74, 6) is -0.136. The Labute approximate surface area is 102 Å². The van der Waals surface area contributed by atoms with Crippen LogP contribution in [-0.2, 0) is 0 Å². The Morgan fingerprint density at radius 1 is 1.59 bits per heavy atom. The fourth-order valence-electron chi connectivity index (χ4n) is 1.63. The number of nitrogens with two attached hydrogens (primary N) is 1. The molecule has 0 aliphatic carbocycles. The Bertz CT molecular complexity index is 442. The number of nitrogens with zero attached hydrogens (tertiary/aromatic N) is 2. The lowest BCUT2D eigenvalue weighted by molar-refractivity contribution is 0.0746. The van der Waals surface area contributed by atoms with Crippen LogP contribution in [0.1, 0.15) is 29.3 Å². The molecule has 1 amide bonds. The second kappa shape index (κ2) is 5.35. The minimum atomic E-state index is -0.136. The first-order valence-corrected chi connectivity index (χ1v) is 5.48. The van der Waals surface area contributed by atoms with Gasteiger partial charge in [0.2, 0.25) is 0 Å². The van der Waals surface area contributed by atoms with E-state index in [9.17, 15) is 4.79 Å². The van der Waals surface area contributed by atoms with Crippen molar-refractivity contribution in [2.75, 3.05) is 12.8 Å². The van der Waals surface area contributed by atoms with Gasteiger partial charge in [-0.15, -0.1) is 0 Å². The molecule has 0 saturated carbocycles.